The van der Waals surface area contributed by atoms with Gasteiger partial charge in [0.2, 0.25) is 5.91 Å². The first kappa shape index (κ1) is 18.1. The molecule has 25 heavy (non-hydrogen) atoms. The molecule has 1 aliphatic rings. The number of aryl methyl sites for hydroxylation is 2. The quantitative estimate of drug-likeness (QED) is 0.657. The summed E-state index contributed by atoms with van der Waals surface area (Å²) in [5, 5.41) is 3.88. The number of benzene rings is 1. The van der Waals surface area contributed by atoms with Crippen LogP contribution in [0.1, 0.15) is 23.7 Å². The molecule has 0 radical (unpaired) electrons. The van der Waals surface area contributed by atoms with Crippen LogP contribution in [-0.4, -0.2) is 26.5 Å². The van der Waals surface area contributed by atoms with E-state index in [1.165, 1.54) is 11.8 Å². The second kappa shape index (κ2) is 7.25. The smallest absolute Gasteiger partial charge is 0.267 e. The third-order valence-electron chi connectivity index (χ3n) is 3.92. The number of rotatable bonds is 4. The molecule has 1 N–H and O–H groups in total. The lowest BCUT2D eigenvalue weighted by Crippen LogP contribution is -2.23. The summed E-state index contributed by atoms with van der Waals surface area (Å²) in [5.41, 5.74) is 3.85. The maximum absolute atomic E-state index is 12.4. The standard InChI is InChI=1S/C18H21N3O2S2/c1-10-5-11(2)7-13(6-10)19-15(22)9-24-18-20-14-8-12(3)25-16(14)17(23)21(18)4/h5-7,12H,8-9H2,1-4H3,(H,19,22)/t12-/m1/s1. The normalized spacial score (nSPS) is 15.9. The van der Waals surface area contributed by atoms with E-state index >= 15 is 0 Å². The summed E-state index contributed by atoms with van der Waals surface area (Å²) in [6.45, 7) is 6.09. The number of carbonyl (C=O) groups excluding carboxylic acids is 1. The molecule has 2 heterocycles. The maximum atomic E-state index is 12.4. The van der Waals surface area contributed by atoms with Crippen LogP contribution in [0.4, 0.5) is 5.69 Å². The molecule has 0 saturated carbocycles. The largest absolute Gasteiger partial charge is 0.325 e. The van der Waals surface area contributed by atoms with Gasteiger partial charge in [0.25, 0.3) is 5.56 Å². The number of nitrogens with zero attached hydrogens (tertiary/aromatic N) is 2. The third-order valence-corrected chi connectivity index (χ3v) is 6.16. The van der Waals surface area contributed by atoms with Crippen molar-refractivity contribution in [2.75, 3.05) is 11.1 Å². The molecule has 1 amide bonds. The van der Waals surface area contributed by atoms with Gasteiger partial charge in [0.05, 0.1) is 16.3 Å². The van der Waals surface area contributed by atoms with E-state index < -0.39 is 0 Å². The fraction of sp³-hybridized carbons (Fsp3) is 0.389. The molecule has 132 valence electrons. The second-order valence-corrected chi connectivity index (χ2v) is 8.77. The van der Waals surface area contributed by atoms with Crippen LogP contribution in [0.3, 0.4) is 0 Å². The third kappa shape index (κ3) is 4.10. The van der Waals surface area contributed by atoms with Crippen LogP contribution in [0.2, 0.25) is 0 Å². The van der Waals surface area contributed by atoms with Crippen LogP contribution >= 0.6 is 23.5 Å². The maximum Gasteiger partial charge on any atom is 0.267 e. The summed E-state index contributed by atoms with van der Waals surface area (Å²) in [7, 11) is 1.71. The summed E-state index contributed by atoms with van der Waals surface area (Å²) in [4.78, 5) is 30.0. The van der Waals surface area contributed by atoms with Crippen LogP contribution in [0.5, 0.6) is 0 Å². The lowest BCUT2D eigenvalue weighted by Gasteiger charge is -2.10. The van der Waals surface area contributed by atoms with Crippen molar-refractivity contribution in [1.29, 1.82) is 0 Å². The van der Waals surface area contributed by atoms with Gasteiger partial charge in [0, 0.05) is 24.4 Å². The van der Waals surface area contributed by atoms with E-state index in [0.29, 0.717) is 10.4 Å². The molecule has 0 unspecified atom stereocenters. The van der Waals surface area contributed by atoms with Gasteiger partial charge >= 0.3 is 0 Å². The van der Waals surface area contributed by atoms with Crippen molar-refractivity contribution in [2.45, 2.75) is 42.5 Å². The van der Waals surface area contributed by atoms with Gasteiger partial charge in [-0.1, -0.05) is 24.8 Å². The summed E-state index contributed by atoms with van der Waals surface area (Å²) < 4.78 is 1.54. The Kier molecular flexibility index (Phi) is 5.24. The molecular formula is C18H21N3O2S2. The first-order chi connectivity index (χ1) is 11.8. The van der Waals surface area contributed by atoms with E-state index in [1.807, 2.05) is 26.0 Å². The van der Waals surface area contributed by atoms with Crippen LogP contribution in [0, 0.1) is 13.8 Å². The van der Waals surface area contributed by atoms with E-state index in [1.54, 1.807) is 23.4 Å². The topological polar surface area (TPSA) is 64.0 Å². The number of amides is 1. The second-order valence-electron chi connectivity index (χ2n) is 6.38. The number of carbonyl (C=O) groups is 1. The number of hydrogen-bond acceptors (Lipinski definition) is 5. The highest BCUT2D eigenvalue weighted by atomic mass is 32.2. The van der Waals surface area contributed by atoms with Gasteiger partial charge in [0.1, 0.15) is 0 Å². The van der Waals surface area contributed by atoms with Gasteiger partial charge in [-0.2, -0.15) is 0 Å². The molecular weight excluding hydrogens is 354 g/mol. The number of hydrogen-bond donors (Lipinski definition) is 1. The molecule has 5 nitrogen and oxygen atoms in total. The van der Waals surface area contributed by atoms with Crippen molar-refractivity contribution in [1.82, 2.24) is 9.55 Å². The van der Waals surface area contributed by atoms with Crippen LogP contribution in [0.15, 0.2) is 33.0 Å². The number of nitrogens with one attached hydrogen (secondary N) is 1. The van der Waals surface area contributed by atoms with E-state index in [0.717, 1.165) is 33.8 Å². The summed E-state index contributed by atoms with van der Waals surface area (Å²) in [6, 6.07) is 5.95. The lowest BCUT2D eigenvalue weighted by atomic mass is 10.1. The number of anilines is 1. The van der Waals surface area contributed by atoms with Crippen molar-refractivity contribution < 1.29 is 4.79 Å². The molecule has 0 spiro atoms. The summed E-state index contributed by atoms with van der Waals surface area (Å²) >= 11 is 2.88. The average molecular weight is 376 g/mol. The Morgan fingerprint density at radius 2 is 2.04 bits per heavy atom. The number of thioether (sulfide) groups is 2. The van der Waals surface area contributed by atoms with Crippen LogP contribution in [0.25, 0.3) is 0 Å². The van der Waals surface area contributed by atoms with E-state index in [-0.39, 0.29) is 17.2 Å². The van der Waals surface area contributed by atoms with Crippen molar-refractivity contribution in [3.8, 4) is 0 Å². The highest BCUT2D eigenvalue weighted by Crippen LogP contribution is 2.33. The van der Waals surface area contributed by atoms with Crippen molar-refractivity contribution in [2.24, 2.45) is 7.05 Å². The Morgan fingerprint density at radius 1 is 1.36 bits per heavy atom. The van der Waals surface area contributed by atoms with E-state index in [4.69, 9.17) is 0 Å². The molecule has 0 bridgehead atoms. The molecule has 3 rings (SSSR count). The van der Waals surface area contributed by atoms with Gasteiger partial charge in [-0.25, -0.2) is 4.98 Å². The van der Waals surface area contributed by atoms with Gasteiger partial charge in [-0.15, -0.1) is 11.8 Å². The Bertz CT molecular complexity index is 872. The Balaban J connectivity index is 1.69. The predicted octanol–water partition coefficient (Wildman–Crippen LogP) is 3.16. The predicted molar refractivity (Wildman–Crippen MR) is 104 cm³/mol. The minimum atomic E-state index is -0.104. The molecule has 1 aliphatic heterocycles. The molecule has 0 saturated heterocycles. The molecule has 0 aliphatic carbocycles. The summed E-state index contributed by atoms with van der Waals surface area (Å²) in [5.74, 6) is 0.113. The zero-order valence-corrected chi connectivity index (χ0v) is 16.4. The van der Waals surface area contributed by atoms with Gasteiger partial charge in [-0.05, 0) is 37.1 Å². The van der Waals surface area contributed by atoms with E-state index in [2.05, 4.69) is 23.3 Å². The number of fused-ring (bicyclic) bond motifs is 1. The highest BCUT2D eigenvalue weighted by molar-refractivity contribution is 8.00. The van der Waals surface area contributed by atoms with Crippen LogP contribution in [-0.2, 0) is 18.3 Å². The molecule has 1 atom stereocenters. The molecule has 2 aromatic rings. The lowest BCUT2D eigenvalue weighted by molar-refractivity contribution is -0.113. The fourth-order valence-corrected chi connectivity index (χ4v) is 4.81. The van der Waals surface area contributed by atoms with Crippen molar-refractivity contribution >= 4 is 35.1 Å². The monoisotopic (exact) mass is 375 g/mol. The zero-order valence-electron chi connectivity index (χ0n) is 14.8. The fourth-order valence-electron chi connectivity index (χ4n) is 2.88. The molecule has 0 fully saturated rings. The average Bonchev–Trinajstić information content (AvgIpc) is 2.89. The number of aromatic nitrogens is 2. The zero-order chi connectivity index (χ0) is 18.1. The molecule has 1 aromatic heterocycles. The van der Waals surface area contributed by atoms with Gasteiger partial charge in [-0.3, -0.25) is 14.2 Å². The molecule has 1 aromatic carbocycles. The first-order valence-corrected chi connectivity index (χ1v) is 9.97. The van der Waals surface area contributed by atoms with Gasteiger partial charge in [0.15, 0.2) is 5.16 Å². The Labute approximate surface area is 155 Å². The van der Waals surface area contributed by atoms with Crippen molar-refractivity contribution in [3.63, 3.8) is 0 Å². The Morgan fingerprint density at radius 3 is 2.72 bits per heavy atom. The minimum Gasteiger partial charge on any atom is -0.325 e. The van der Waals surface area contributed by atoms with Crippen molar-refractivity contribution in [3.05, 3.63) is 45.4 Å². The SMILES string of the molecule is Cc1cc(C)cc(NC(=O)CSc2nc3c(c(=O)n2C)S[C@H](C)C3)c1. The first-order valence-electron chi connectivity index (χ1n) is 8.11. The van der Waals surface area contributed by atoms with Gasteiger partial charge < -0.3 is 5.32 Å². The highest BCUT2D eigenvalue weighted by Gasteiger charge is 2.25. The van der Waals surface area contributed by atoms with E-state index in [9.17, 15) is 9.59 Å². The summed E-state index contributed by atoms with van der Waals surface area (Å²) in [6.07, 6.45) is 0.804. The minimum absolute atomic E-state index is 0.0171. The molecule has 7 heteroatoms. The Hall–Kier alpha value is -1.73. The van der Waals surface area contributed by atoms with Crippen LogP contribution < -0.4 is 10.9 Å².